The molecule has 1 aliphatic heterocycles. The molecular weight excluding hydrogens is 380 g/mol. The highest BCUT2D eigenvalue weighted by atomic mass is 35.5. The van der Waals surface area contributed by atoms with Crippen molar-refractivity contribution < 1.29 is 14.7 Å². The summed E-state index contributed by atoms with van der Waals surface area (Å²) in [4.78, 5) is 33.7. The average Bonchev–Trinajstić information content (AvgIpc) is 3.17. The summed E-state index contributed by atoms with van der Waals surface area (Å²) in [5, 5.41) is 12.7. The number of rotatable bonds is 3. The van der Waals surface area contributed by atoms with E-state index >= 15 is 0 Å². The number of nitrogens with zero attached hydrogens (tertiary/aromatic N) is 2. The molecule has 2 heterocycles. The van der Waals surface area contributed by atoms with Crippen LogP contribution in [0.3, 0.4) is 0 Å². The van der Waals surface area contributed by atoms with E-state index in [1.807, 2.05) is 12.1 Å². The number of carboxylic acid groups (broad SMARTS) is 1. The number of carbonyl (C=O) groups excluding carboxylic acids is 1. The van der Waals surface area contributed by atoms with Crippen LogP contribution in [-0.4, -0.2) is 38.5 Å². The molecule has 1 atom stereocenters. The highest BCUT2D eigenvalue weighted by Gasteiger charge is 2.34. The lowest BCUT2D eigenvalue weighted by molar-refractivity contribution is 0.0698. The van der Waals surface area contributed by atoms with Crippen molar-refractivity contribution in [3.63, 3.8) is 0 Å². The molecule has 7 nitrogen and oxygen atoms in total. The van der Waals surface area contributed by atoms with Crippen molar-refractivity contribution in [3.8, 4) is 0 Å². The van der Waals surface area contributed by atoms with Crippen LogP contribution in [0, 0.1) is 0 Å². The minimum Gasteiger partial charge on any atom is -0.478 e. The van der Waals surface area contributed by atoms with Gasteiger partial charge in [-0.1, -0.05) is 35.9 Å². The van der Waals surface area contributed by atoms with Gasteiger partial charge in [-0.05, 0) is 29.8 Å². The number of aromatic carboxylic acids is 1. The Kier molecular flexibility index (Phi) is 4.75. The van der Waals surface area contributed by atoms with Crippen molar-refractivity contribution in [2.24, 2.45) is 0 Å². The number of carboxylic acids is 1. The van der Waals surface area contributed by atoms with Gasteiger partial charge in [-0.15, -0.1) is 0 Å². The van der Waals surface area contributed by atoms with Crippen LogP contribution in [0.2, 0.25) is 5.02 Å². The van der Waals surface area contributed by atoms with Crippen molar-refractivity contribution in [2.75, 3.05) is 11.9 Å². The fourth-order valence-corrected chi connectivity index (χ4v) is 3.57. The van der Waals surface area contributed by atoms with Gasteiger partial charge in [0, 0.05) is 23.7 Å². The highest BCUT2D eigenvalue weighted by Crippen LogP contribution is 2.34. The molecule has 0 radical (unpaired) electrons. The number of urea groups is 1. The normalized spacial score (nSPS) is 15.8. The Hall–Kier alpha value is -3.32. The van der Waals surface area contributed by atoms with Gasteiger partial charge >= 0.3 is 12.0 Å². The van der Waals surface area contributed by atoms with Crippen molar-refractivity contribution in [1.82, 2.24) is 14.9 Å². The fraction of sp³-hybridized carbons (Fsp3) is 0.150. The number of anilines is 1. The number of aromatic amines is 1. The Bertz CT molecular complexity index is 1030. The number of aromatic nitrogens is 2. The molecule has 1 aliphatic rings. The monoisotopic (exact) mass is 396 g/mol. The maximum atomic E-state index is 13.1. The van der Waals surface area contributed by atoms with Crippen LogP contribution >= 0.6 is 11.6 Å². The van der Waals surface area contributed by atoms with Crippen molar-refractivity contribution in [3.05, 3.63) is 82.4 Å². The summed E-state index contributed by atoms with van der Waals surface area (Å²) >= 11 is 6.01. The molecule has 1 unspecified atom stereocenters. The number of benzene rings is 2. The summed E-state index contributed by atoms with van der Waals surface area (Å²) in [7, 11) is 0. The second kappa shape index (κ2) is 7.36. The number of imidazole rings is 1. The van der Waals surface area contributed by atoms with E-state index in [2.05, 4.69) is 15.3 Å². The van der Waals surface area contributed by atoms with E-state index in [9.17, 15) is 14.7 Å². The van der Waals surface area contributed by atoms with Gasteiger partial charge < -0.3 is 20.3 Å². The Balaban J connectivity index is 1.68. The number of halogens is 1. The average molecular weight is 397 g/mol. The summed E-state index contributed by atoms with van der Waals surface area (Å²) < 4.78 is 0. The number of para-hydroxylation sites is 1. The first kappa shape index (κ1) is 18.1. The number of carbonyl (C=O) groups is 2. The maximum Gasteiger partial charge on any atom is 0.337 e. The smallest absolute Gasteiger partial charge is 0.337 e. The number of nitrogens with one attached hydrogen (secondary N) is 2. The third-order valence-corrected chi connectivity index (χ3v) is 5.02. The highest BCUT2D eigenvalue weighted by molar-refractivity contribution is 6.30. The number of hydrogen-bond acceptors (Lipinski definition) is 3. The molecule has 2 amide bonds. The summed E-state index contributed by atoms with van der Waals surface area (Å²) in [6, 6.07) is 12.8. The van der Waals surface area contributed by atoms with Crippen molar-refractivity contribution in [2.45, 2.75) is 12.5 Å². The summed E-state index contributed by atoms with van der Waals surface area (Å²) in [5.41, 5.74) is 2.92. The SMILES string of the molecule is O=C(O)c1ccccc1NC(=O)N1CCc2[nH]cnc2C1c1ccc(Cl)cc1. The lowest BCUT2D eigenvalue weighted by atomic mass is 9.96. The first-order valence-corrected chi connectivity index (χ1v) is 9.10. The zero-order valence-electron chi connectivity index (χ0n) is 14.7. The second-order valence-electron chi connectivity index (χ2n) is 6.44. The fourth-order valence-electron chi connectivity index (χ4n) is 3.44. The van der Waals surface area contributed by atoms with Crippen LogP contribution in [0.5, 0.6) is 0 Å². The molecule has 0 fully saturated rings. The van der Waals surface area contributed by atoms with Gasteiger partial charge in [0.2, 0.25) is 0 Å². The minimum absolute atomic E-state index is 0.0383. The molecule has 3 aromatic rings. The van der Waals surface area contributed by atoms with E-state index in [1.54, 1.807) is 41.6 Å². The van der Waals surface area contributed by atoms with Crippen LogP contribution in [0.25, 0.3) is 0 Å². The number of H-pyrrole nitrogens is 1. The van der Waals surface area contributed by atoms with E-state index in [-0.39, 0.29) is 17.3 Å². The molecular formula is C20H17ClN4O3. The van der Waals surface area contributed by atoms with E-state index < -0.39 is 12.0 Å². The van der Waals surface area contributed by atoms with Gasteiger partial charge in [-0.25, -0.2) is 14.6 Å². The molecule has 28 heavy (non-hydrogen) atoms. The largest absolute Gasteiger partial charge is 0.478 e. The van der Waals surface area contributed by atoms with Crippen LogP contribution in [-0.2, 0) is 6.42 Å². The third-order valence-electron chi connectivity index (χ3n) is 4.77. The van der Waals surface area contributed by atoms with Gasteiger partial charge in [-0.2, -0.15) is 0 Å². The molecule has 0 saturated carbocycles. The Morgan fingerprint density at radius 3 is 2.68 bits per heavy atom. The lowest BCUT2D eigenvalue weighted by Gasteiger charge is -2.35. The van der Waals surface area contributed by atoms with Crippen LogP contribution in [0.15, 0.2) is 54.9 Å². The summed E-state index contributed by atoms with van der Waals surface area (Å²) in [6.45, 7) is 0.462. The molecule has 142 valence electrons. The third kappa shape index (κ3) is 3.32. The first-order chi connectivity index (χ1) is 13.5. The molecule has 3 N–H and O–H groups in total. The summed E-state index contributed by atoms with van der Waals surface area (Å²) in [6.07, 6.45) is 2.25. The van der Waals surface area contributed by atoms with Gasteiger partial charge in [-0.3, -0.25) is 0 Å². The molecule has 0 aliphatic carbocycles. The number of amides is 2. The second-order valence-corrected chi connectivity index (χ2v) is 6.88. The van der Waals surface area contributed by atoms with Crippen molar-refractivity contribution in [1.29, 1.82) is 0 Å². The Labute approximate surface area is 166 Å². The Morgan fingerprint density at radius 1 is 1.18 bits per heavy atom. The topological polar surface area (TPSA) is 98.3 Å². The quantitative estimate of drug-likeness (QED) is 0.624. The van der Waals surface area contributed by atoms with Gasteiger partial charge in [0.05, 0.1) is 23.3 Å². The Morgan fingerprint density at radius 2 is 1.93 bits per heavy atom. The molecule has 8 heteroatoms. The van der Waals surface area contributed by atoms with Gasteiger partial charge in [0.15, 0.2) is 0 Å². The number of hydrogen-bond donors (Lipinski definition) is 3. The predicted molar refractivity (Wildman–Crippen MR) is 105 cm³/mol. The lowest BCUT2D eigenvalue weighted by Crippen LogP contribution is -2.43. The molecule has 1 aromatic heterocycles. The molecule has 0 bridgehead atoms. The first-order valence-electron chi connectivity index (χ1n) is 8.72. The van der Waals surface area contributed by atoms with Crippen LogP contribution in [0.1, 0.15) is 33.4 Å². The molecule has 4 rings (SSSR count). The van der Waals surface area contributed by atoms with Crippen LogP contribution in [0.4, 0.5) is 10.5 Å². The summed E-state index contributed by atoms with van der Waals surface area (Å²) in [5.74, 6) is -1.10. The van der Waals surface area contributed by atoms with E-state index in [0.717, 1.165) is 17.0 Å². The van der Waals surface area contributed by atoms with Crippen LogP contribution < -0.4 is 5.32 Å². The van der Waals surface area contributed by atoms with E-state index in [0.29, 0.717) is 18.0 Å². The zero-order valence-corrected chi connectivity index (χ0v) is 15.5. The molecule has 2 aromatic carbocycles. The number of fused-ring (bicyclic) bond motifs is 1. The van der Waals surface area contributed by atoms with Gasteiger partial charge in [0.25, 0.3) is 0 Å². The molecule has 0 saturated heterocycles. The van der Waals surface area contributed by atoms with Gasteiger partial charge in [0.1, 0.15) is 6.04 Å². The maximum absolute atomic E-state index is 13.1. The predicted octanol–water partition coefficient (Wildman–Crippen LogP) is 3.94. The molecule has 0 spiro atoms. The zero-order chi connectivity index (χ0) is 19.7. The van der Waals surface area contributed by atoms with Crippen molar-refractivity contribution >= 4 is 29.3 Å². The van der Waals surface area contributed by atoms with E-state index in [1.165, 1.54) is 6.07 Å². The minimum atomic E-state index is -1.10. The van der Waals surface area contributed by atoms with E-state index in [4.69, 9.17) is 11.6 Å². The standard InChI is InChI=1S/C20H17ClN4O3/c21-13-7-5-12(6-8-13)18-17-16(22-11-23-17)9-10-25(18)20(28)24-15-4-2-1-3-14(15)19(26)27/h1-8,11,18H,9-10H2,(H,22,23)(H,24,28)(H,26,27).